The summed E-state index contributed by atoms with van der Waals surface area (Å²) in [4.78, 5) is 2.49. The second-order valence-electron chi connectivity index (χ2n) is 4.57. The van der Waals surface area contributed by atoms with E-state index in [1.165, 1.54) is 24.2 Å². The monoisotopic (exact) mass is 218 g/mol. The van der Waals surface area contributed by atoms with Crippen molar-refractivity contribution in [3.63, 3.8) is 0 Å². The number of benzene rings is 1. The average Bonchev–Trinajstić information content (AvgIpc) is 2.67. The van der Waals surface area contributed by atoms with Crippen LogP contribution in [0.5, 0.6) is 0 Å². The Labute approximate surface area is 98.7 Å². The molecule has 2 heteroatoms. The van der Waals surface area contributed by atoms with Crippen molar-refractivity contribution in [1.82, 2.24) is 5.32 Å². The molecule has 0 bridgehead atoms. The Morgan fingerprint density at radius 3 is 2.81 bits per heavy atom. The van der Waals surface area contributed by atoms with Crippen LogP contribution in [0.3, 0.4) is 0 Å². The predicted molar refractivity (Wildman–Crippen MR) is 70.1 cm³/mol. The summed E-state index contributed by atoms with van der Waals surface area (Å²) in [6.07, 6.45) is 1.24. The number of likely N-dealkylation sites (N-methyl/N-ethyl adjacent to an activating group) is 1. The van der Waals surface area contributed by atoms with Crippen molar-refractivity contribution in [3.8, 4) is 0 Å². The lowest BCUT2D eigenvalue weighted by Gasteiger charge is -2.17. The van der Waals surface area contributed by atoms with Gasteiger partial charge in [-0.15, -0.1) is 0 Å². The van der Waals surface area contributed by atoms with Crippen LogP contribution in [0.4, 0.5) is 5.69 Å². The number of hydrogen-bond donors (Lipinski definition) is 1. The van der Waals surface area contributed by atoms with Gasteiger partial charge in [0, 0.05) is 31.2 Å². The van der Waals surface area contributed by atoms with Crippen molar-refractivity contribution < 1.29 is 0 Å². The highest BCUT2D eigenvalue weighted by atomic mass is 15.1. The molecule has 0 radical (unpaired) electrons. The molecular formula is C14H22N2. The molecule has 1 aliphatic rings. The number of nitrogens with zero attached hydrogens (tertiary/aromatic N) is 1. The zero-order valence-corrected chi connectivity index (χ0v) is 10.6. The third-order valence-electron chi connectivity index (χ3n) is 3.57. The molecule has 0 saturated carbocycles. The molecule has 1 aliphatic heterocycles. The van der Waals surface area contributed by atoms with Crippen LogP contribution in [-0.2, 0) is 6.54 Å². The molecule has 1 aromatic carbocycles. The quantitative estimate of drug-likeness (QED) is 0.836. The van der Waals surface area contributed by atoms with E-state index in [0.717, 1.165) is 19.0 Å². The van der Waals surface area contributed by atoms with Crippen molar-refractivity contribution in [2.45, 2.75) is 32.7 Å². The van der Waals surface area contributed by atoms with Crippen LogP contribution in [0.2, 0.25) is 0 Å². The van der Waals surface area contributed by atoms with Crippen LogP contribution < -0.4 is 10.2 Å². The van der Waals surface area contributed by atoms with Gasteiger partial charge in [0.2, 0.25) is 0 Å². The molecule has 16 heavy (non-hydrogen) atoms. The van der Waals surface area contributed by atoms with E-state index in [4.69, 9.17) is 0 Å². The minimum atomic E-state index is 0.728. The largest absolute Gasteiger partial charge is 0.371 e. The Kier molecular flexibility index (Phi) is 3.49. The van der Waals surface area contributed by atoms with Gasteiger partial charge in [0.05, 0.1) is 0 Å². The average molecular weight is 218 g/mol. The molecule has 0 amide bonds. The highest BCUT2D eigenvalue weighted by Gasteiger charge is 2.26. The molecule has 2 rings (SSSR count). The molecule has 0 aromatic heterocycles. The van der Waals surface area contributed by atoms with Crippen LogP contribution in [0.25, 0.3) is 0 Å². The maximum absolute atomic E-state index is 3.22. The van der Waals surface area contributed by atoms with Crippen molar-refractivity contribution in [1.29, 1.82) is 0 Å². The van der Waals surface area contributed by atoms with Crippen molar-refractivity contribution in [2.24, 2.45) is 0 Å². The molecule has 1 aromatic rings. The fourth-order valence-electron chi connectivity index (χ4n) is 2.64. The summed E-state index contributed by atoms with van der Waals surface area (Å²) in [6.45, 7) is 7.82. The summed E-state index contributed by atoms with van der Waals surface area (Å²) in [6, 6.07) is 6.92. The van der Waals surface area contributed by atoms with Gasteiger partial charge in [-0.3, -0.25) is 0 Å². The van der Waals surface area contributed by atoms with Gasteiger partial charge in [0.25, 0.3) is 0 Å². The lowest BCUT2D eigenvalue weighted by atomic mass is 9.97. The molecule has 0 aliphatic carbocycles. The Hall–Kier alpha value is -1.02. The van der Waals surface area contributed by atoms with Gasteiger partial charge in [-0.1, -0.05) is 19.1 Å². The van der Waals surface area contributed by atoms with Crippen molar-refractivity contribution in [2.75, 3.05) is 25.0 Å². The topological polar surface area (TPSA) is 15.3 Å². The number of hydrogen-bond acceptors (Lipinski definition) is 2. The van der Waals surface area contributed by atoms with E-state index in [1.807, 2.05) is 7.05 Å². The smallest absolute Gasteiger partial charge is 0.0402 e. The molecule has 1 heterocycles. The fourth-order valence-corrected chi connectivity index (χ4v) is 2.64. The summed E-state index contributed by atoms with van der Waals surface area (Å²) < 4.78 is 0. The SMILES string of the molecule is CCC1CN(CC)c2ccc(CNC)cc21. The van der Waals surface area contributed by atoms with Crippen molar-refractivity contribution >= 4 is 5.69 Å². The van der Waals surface area contributed by atoms with E-state index in [1.54, 1.807) is 5.56 Å². The van der Waals surface area contributed by atoms with Gasteiger partial charge >= 0.3 is 0 Å². The zero-order chi connectivity index (χ0) is 11.5. The molecule has 1 N–H and O–H groups in total. The number of anilines is 1. The normalized spacial score (nSPS) is 18.9. The summed E-state index contributed by atoms with van der Waals surface area (Å²) in [5.74, 6) is 0.728. The summed E-state index contributed by atoms with van der Waals surface area (Å²) in [5.41, 5.74) is 4.41. The van der Waals surface area contributed by atoms with E-state index in [9.17, 15) is 0 Å². The highest BCUT2D eigenvalue weighted by Crippen LogP contribution is 2.38. The van der Waals surface area contributed by atoms with E-state index < -0.39 is 0 Å². The Balaban J connectivity index is 2.33. The van der Waals surface area contributed by atoms with Gasteiger partial charge in [-0.2, -0.15) is 0 Å². The second kappa shape index (κ2) is 4.88. The van der Waals surface area contributed by atoms with E-state index in [2.05, 4.69) is 42.3 Å². The first kappa shape index (κ1) is 11.5. The summed E-state index contributed by atoms with van der Waals surface area (Å²) >= 11 is 0. The lowest BCUT2D eigenvalue weighted by molar-refractivity contribution is 0.679. The maximum Gasteiger partial charge on any atom is 0.0402 e. The molecule has 1 unspecified atom stereocenters. The van der Waals surface area contributed by atoms with Gasteiger partial charge in [-0.25, -0.2) is 0 Å². The Bertz CT molecular complexity index is 360. The Morgan fingerprint density at radius 1 is 1.38 bits per heavy atom. The summed E-state index contributed by atoms with van der Waals surface area (Å²) in [5, 5.41) is 3.22. The third-order valence-corrected chi connectivity index (χ3v) is 3.57. The van der Waals surface area contributed by atoms with Gasteiger partial charge < -0.3 is 10.2 Å². The minimum Gasteiger partial charge on any atom is -0.371 e. The second-order valence-corrected chi connectivity index (χ2v) is 4.57. The van der Waals surface area contributed by atoms with E-state index in [-0.39, 0.29) is 0 Å². The standard InChI is InChI=1S/C14H22N2/c1-4-12-10-16(5-2)14-7-6-11(9-15-3)8-13(12)14/h6-8,12,15H,4-5,9-10H2,1-3H3. The summed E-state index contributed by atoms with van der Waals surface area (Å²) in [7, 11) is 2.00. The zero-order valence-electron chi connectivity index (χ0n) is 10.6. The minimum absolute atomic E-state index is 0.728. The van der Waals surface area contributed by atoms with Gasteiger partial charge in [-0.05, 0) is 37.6 Å². The fraction of sp³-hybridized carbons (Fsp3) is 0.571. The Morgan fingerprint density at radius 2 is 2.19 bits per heavy atom. The first-order chi connectivity index (χ1) is 7.80. The highest BCUT2D eigenvalue weighted by molar-refractivity contribution is 5.61. The van der Waals surface area contributed by atoms with Gasteiger partial charge in [0.1, 0.15) is 0 Å². The van der Waals surface area contributed by atoms with Crippen LogP contribution in [0, 0.1) is 0 Å². The molecule has 0 saturated heterocycles. The maximum atomic E-state index is 3.22. The van der Waals surface area contributed by atoms with Crippen molar-refractivity contribution in [3.05, 3.63) is 29.3 Å². The molecule has 2 nitrogen and oxygen atoms in total. The molecule has 1 atom stereocenters. The molecule has 0 fully saturated rings. The van der Waals surface area contributed by atoms with Crippen LogP contribution in [0.1, 0.15) is 37.3 Å². The van der Waals surface area contributed by atoms with Crippen LogP contribution in [-0.4, -0.2) is 20.1 Å². The number of nitrogens with one attached hydrogen (secondary N) is 1. The third kappa shape index (κ3) is 1.94. The lowest BCUT2D eigenvalue weighted by Crippen LogP contribution is -2.20. The van der Waals surface area contributed by atoms with Crippen LogP contribution in [0.15, 0.2) is 18.2 Å². The van der Waals surface area contributed by atoms with Crippen LogP contribution >= 0.6 is 0 Å². The molecule has 0 spiro atoms. The predicted octanol–water partition coefficient (Wildman–Crippen LogP) is 2.74. The van der Waals surface area contributed by atoms with Gasteiger partial charge in [0.15, 0.2) is 0 Å². The number of rotatable bonds is 4. The first-order valence-electron chi connectivity index (χ1n) is 6.32. The first-order valence-corrected chi connectivity index (χ1v) is 6.32. The van der Waals surface area contributed by atoms with E-state index >= 15 is 0 Å². The molecular weight excluding hydrogens is 196 g/mol. The number of fused-ring (bicyclic) bond motifs is 1. The molecule has 88 valence electrons. The van der Waals surface area contributed by atoms with E-state index in [0.29, 0.717) is 0 Å².